The van der Waals surface area contributed by atoms with E-state index in [1.165, 1.54) is 0 Å². The van der Waals surface area contributed by atoms with E-state index < -0.39 is 10.0 Å². The first-order valence-electron chi connectivity index (χ1n) is 10.2. The van der Waals surface area contributed by atoms with Crippen molar-refractivity contribution in [3.05, 3.63) is 35.4 Å². The number of benzene rings is 1. The second-order valence-electron chi connectivity index (χ2n) is 8.60. The molecule has 0 saturated carbocycles. The number of sulfonamides is 1. The van der Waals surface area contributed by atoms with E-state index in [4.69, 9.17) is 0 Å². The van der Waals surface area contributed by atoms with Gasteiger partial charge in [0, 0.05) is 24.7 Å². The second kappa shape index (κ2) is 9.71. The minimum Gasteiger partial charge on any atom is -0.343 e. The SMILES string of the molecule is CCCS(=O)(=O)NC1CCN(C(=O)CNC(=O)c2ccc(C(C)(C)C)cc2)CC1. The first-order chi connectivity index (χ1) is 13.5. The molecule has 0 unspecified atom stereocenters. The highest BCUT2D eigenvalue weighted by molar-refractivity contribution is 7.89. The fourth-order valence-electron chi connectivity index (χ4n) is 3.32. The molecule has 8 heteroatoms. The Morgan fingerprint density at radius 2 is 1.69 bits per heavy atom. The van der Waals surface area contributed by atoms with E-state index in [0.29, 0.717) is 37.9 Å². The van der Waals surface area contributed by atoms with Crippen molar-refractivity contribution in [1.29, 1.82) is 0 Å². The first-order valence-corrected chi connectivity index (χ1v) is 11.8. The van der Waals surface area contributed by atoms with Crippen LogP contribution in [0.5, 0.6) is 0 Å². The number of piperidine rings is 1. The van der Waals surface area contributed by atoms with Crippen molar-refractivity contribution >= 4 is 21.8 Å². The number of hydrogen-bond acceptors (Lipinski definition) is 4. The van der Waals surface area contributed by atoms with Crippen LogP contribution >= 0.6 is 0 Å². The molecule has 1 heterocycles. The summed E-state index contributed by atoms with van der Waals surface area (Å²) in [5, 5.41) is 2.68. The standard InChI is InChI=1S/C21H33N3O4S/c1-5-14-29(27,28)23-18-10-12-24(13-11-18)19(25)15-22-20(26)16-6-8-17(9-7-16)21(2,3)4/h6-9,18,23H,5,10-15H2,1-4H3,(H,22,26). The third kappa shape index (κ3) is 7.12. The number of nitrogens with one attached hydrogen (secondary N) is 2. The summed E-state index contributed by atoms with van der Waals surface area (Å²) in [4.78, 5) is 26.4. The molecule has 0 bridgehead atoms. The van der Waals surface area contributed by atoms with Crippen LogP contribution in [0.25, 0.3) is 0 Å². The Kier molecular flexibility index (Phi) is 7.82. The molecule has 29 heavy (non-hydrogen) atoms. The number of carbonyl (C=O) groups excluding carboxylic acids is 2. The average Bonchev–Trinajstić information content (AvgIpc) is 2.65. The van der Waals surface area contributed by atoms with E-state index >= 15 is 0 Å². The van der Waals surface area contributed by atoms with Gasteiger partial charge in [-0.3, -0.25) is 9.59 Å². The molecule has 1 fully saturated rings. The number of rotatable bonds is 7. The predicted octanol–water partition coefficient (Wildman–Crippen LogP) is 2.03. The molecule has 0 spiro atoms. The fraction of sp³-hybridized carbons (Fsp3) is 0.619. The molecule has 2 rings (SSSR count). The van der Waals surface area contributed by atoms with E-state index in [9.17, 15) is 18.0 Å². The van der Waals surface area contributed by atoms with E-state index in [2.05, 4.69) is 30.8 Å². The highest BCUT2D eigenvalue weighted by Gasteiger charge is 2.25. The number of carbonyl (C=O) groups is 2. The third-order valence-electron chi connectivity index (χ3n) is 5.08. The molecule has 162 valence electrons. The molecule has 0 atom stereocenters. The van der Waals surface area contributed by atoms with Gasteiger partial charge in [-0.1, -0.05) is 39.8 Å². The lowest BCUT2D eigenvalue weighted by atomic mass is 9.87. The van der Waals surface area contributed by atoms with Crippen LogP contribution in [-0.2, 0) is 20.2 Å². The topological polar surface area (TPSA) is 95.6 Å². The van der Waals surface area contributed by atoms with Gasteiger partial charge >= 0.3 is 0 Å². The van der Waals surface area contributed by atoms with Crippen molar-refractivity contribution in [3.63, 3.8) is 0 Å². The minimum absolute atomic E-state index is 0.0157. The van der Waals surface area contributed by atoms with Crippen LogP contribution in [0.4, 0.5) is 0 Å². The molecular formula is C21H33N3O4S. The number of nitrogens with zero attached hydrogens (tertiary/aromatic N) is 1. The van der Waals surface area contributed by atoms with E-state index in [1.54, 1.807) is 17.0 Å². The lowest BCUT2D eigenvalue weighted by Gasteiger charge is -2.32. The van der Waals surface area contributed by atoms with Crippen LogP contribution < -0.4 is 10.0 Å². The Morgan fingerprint density at radius 3 is 2.21 bits per heavy atom. The van der Waals surface area contributed by atoms with Gasteiger partial charge in [0.15, 0.2) is 0 Å². The minimum atomic E-state index is -3.24. The van der Waals surface area contributed by atoms with Crippen LogP contribution in [0.15, 0.2) is 24.3 Å². The quantitative estimate of drug-likeness (QED) is 0.701. The predicted molar refractivity (Wildman–Crippen MR) is 114 cm³/mol. The summed E-state index contributed by atoms with van der Waals surface area (Å²) in [6.45, 7) is 9.05. The van der Waals surface area contributed by atoms with Gasteiger partial charge in [0.2, 0.25) is 15.9 Å². The molecule has 7 nitrogen and oxygen atoms in total. The number of amides is 2. The number of hydrogen-bond donors (Lipinski definition) is 2. The molecule has 1 aromatic rings. The van der Waals surface area contributed by atoms with Crippen molar-refractivity contribution in [2.45, 2.75) is 58.4 Å². The average molecular weight is 424 g/mol. The van der Waals surface area contributed by atoms with Crippen LogP contribution in [-0.4, -0.2) is 56.6 Å². The monoisotopic (exact) mass is 423 g/mol. The summed E-state index contributed by atoms with van der Waals surface area (Å²) in [5.41, 5.74) is 1.68. The Hall–Kier alpha value is -1.93. The normalized spacial score (nSPS) is 15.9. The fourth-order valence-corrected chi connectivity index (χ4v) is 4.72. The van der Waals surface area contributed by atoms with Crippen molar-refractivity contribution < 1.29 is 18.0 Å². The lowest BCUT2D eigenvalue weighted by Crippen LogP contribution is -2.49. The summed E-state index contributed by atoms with van der Waals surface area (Å²) in [6.07, 6.45) is 1.74. The summed E-state index contributed by atoms with van der Waals surface area (Å²) in [6, 6.07) is 7.27. The van der Waals surface area contributed by atoms with Gasteiger partial charge < -0.3 is 10.2 Å². The van der Waals surface area contributed by atoms with Gasteiger partial charge in [-0.05, 0) is 42.4 Å². The van der Waals surface area contributed by atoms with E-state index in [0.717, 1.165) is 5.56 Å². The zero-order chi connectivity index (χ0) is 21.7. The highest BCUT2D eigenvalue weighted by Crippen LogP contribution is 2.22. The van der Waals surface area contributed by atoms with Crippen molar-refractivity contribution in [1.82, 2.24) is 14.9 Å². The molecule has 2 N–H and O–H groups in total. The molecular weight excluding hydrogens is 390 g/mol. The van der Waals surface area contributed by atoms with Crippen molar-refractivity contribution in [2.24, 2.45) is 0 Å². The molecule has 0 radical (unpaired) electrons. The molecule has 2 amide bonds. The highest BCUT2D eigenvalue weighted by atomic mass is 32.2. The Balaban J connectivity index is 1.79. The van der Waals surface area contributed by atoms with Crippen LogP contribution in [0.1, 0.15) is 62.9 Å². The Morgan fingerprint density at radius 1 is 1.10 bits per heavy atom. The summed E-state index contributed by atoms with van der Waals surface area (Å²) >= 11 is 0. The summed E-state index contributed by atoms with van der Waals surface area (Å²) in [5.74, 6) is -0.310. The van der Waals surface area contributed by atoms with Crippen LogP contribution in [0.2, 0.25) is 0 Å². The molecule has 1 aliphatic rings. The smallest absolute Gasteiger partial charge is 0.251 e. The molecule has 0 aromatic heterocycles. The van der Waals surface area contributed by atoms with Gasteiger partial charge in [0.05, 0.1) is 12.3 Å². The molecule has 1 aliphatic heterocycles. The third-order valence-corrected chi connectivity index (χ3v) is 6.72. The maximum atomic E-state index is 12.4. The second-order valence-corrected chi connectivity index (χ2v) is 10.5. The van der Waals surface area contributed by atoms with Crippen LogP contribution in [0.3, 0.4) is 0 Å². The molecule has 1 aromatic carbocycles. The van der Waals surface area contributed by atoms with Crippen molar-refractivity contribution in [3.8, 4) is 0 Å². The first kappa shape index (κ1) is 23.3. The largest absolute Gasteiger partial charge is 0.343 e. The zero-order valence-corrected chi connectivity index (χ0v) is 18.6. The maximum absolute atomic E-state index is 12.4. The number of likely N-dealkylation sites (tertiary alicyclic amines) is 1. The van der Waals surface area contributed by atoms with Crippen molar-refractivity contribution in [2.75, 3.05) is 25.4 Å². The molecule has 1 saturated heterocycles. The van der Waals surface area contributed by atoms with Crippen LogP contribution in [0, 0.1) is 0 Å². The molecule has 0 aliphatic carbocycles. The zero-order valence-electron chi connectivity index (χ0n) is 17.8. The van der Waals surface area contributed by atoms with Gasteiger partial charge in [0.1, 0.15) is 0 Å². The van der Waals surface area contributed by atoms with E-state index in [1.807, 2.05) is 19.1 Å². The summed E-state index contributed by atoms with van der Waals surface area (Å²) in [7, 11) is -3.24. The van der Waals surface area contributed by atoms with Gasteiger partial charge in [-0.2, -0.15) is 0 Å². The van der Waals surface area contributed by atoms with E-state index in [-0.39, 0.29) is 35.6 Å². The van der Waals surface area contributed by atoms with Gasteiger partial charge in [-0.15, -0.1) is 0 Å². The summed E-state index contributed by atoms with van der Waals surface area (Å²) < 4.78 is 26.4. The van der Waals surface area contributed by atoms with Gasteiger partial charge in [-0.25, -0.2) is 13.1 Å². The Bertz CT molecular complexity index is 805. The van der Waals surface area contributed by atoms with Gasteiger partial charge in [0.25, 0.3) is 5.91 Å². The lowest BCUT2D eigenvalue weighted by molar-refractivity contribution is -0.131. The Labute approximate surface area is 174 Å². The maximum Gasteiger partial charge on any atom is 0.251 e.